The van der Waals surface area contributed by atoms with E-state index in [1.807, 2.05) is 0 Å². The number of nitrogens with two attached hydrogens (primary N) is 1. The van der Waals surface area contributed by atoms with Crippen molar-refractivity contribution in [3.05, 3.63) is 35.8 Å². The van der Waals surface area contributed by atoms with Gasteiger partial charge in [0, 0.05) is 30.2 Å². The Balaban J connectivity index is 1.69. The molecule has 1 saturated heterocycles. The van der Waals surface area contributed by atoms with Crippen LogP contribution in [0.3, 0.4) is 0 Å². The van der Waals surface area contributed by atoms with Gasteiger partial charge in [0.2, 0.25) is 5.91 Å². The lowest BCUT2D eigenvalue weighted by Crippen LogP contribution is -2.50. The number of amides is 2. The van der Waals surface area contributed by atoms with Gasteiger partial charge in [0.05, 0.1) is 12.3 Å². The van der Waals surface area contributed by atoms with E-state index in [4.69, 9.17) is 10.5 Å². The second-order valence-corrected chi connectivity index (χ2v) is 7.86. The Bertz CT molecular complexity index is 924. The SMILES string of the molecule is CC(C)C(OC(=O)Cc1c[nH]c2ccc(F)cc12)C(=O)N1CCCC(C(N)=O)C1. The van der Waals surface area contributed by atoms with E-state index in [-0.39, 0.29) is 30.7 Å². The zero-order chi connectivity index (χ0) is 21.1. The van der Waals surface area contributed by atoms with Crippen LogP contribution in [0.25, 0.3) is 10.9 Å². The van der Waals surface area contributed by atoms with E-state index in [2.05, 4.69) is 4.98 Å². The number of carbonyl (C=O) groups is 3. The van der Waals surface area contributed by atoms with Crippen LogP contribution < -0.4 is 5.73 Å². The number of hydrogen-bond acceptors (Lipinski definition) is 4. The third-order valence-electron chi connectivity index (χ3n) is 5.31. The second-order valence-electron chi connectivity index (χ2n) is 7.86. The van der Waals surface area contributed by atoms with Gasteiger partial charge < -0.3 is 20.4 Å². The molecule has 3 rings (SSSR count). The number of nitrogens with one attached hydrogen (secondary N) is 1. The molecule has 1 fully saturated rings. The maximum absolute atomic E-state index is 13.5. The van der Waals surface area contributed by atoms with E-state index in [9.17, 15) is 18.8 Å². The average Bonchev–Trinajstić information content (AvgIpc) is 3.07. The van der Waals surface area contributed by atoms with Crippen molar-refractivity contribution >= 4 is 28.7 Å². The van der Waals surface area contributed by atoms with Gasteiger partial charge in [-0.1, -0.05) is 13.8 Å². The summed E-state index contributed by atoms with van der Waals surface area (Å²) < 4.78 is 19.1. The van der Waals surface area contributed by atoms with Gasteiger partial charge >= 0.3 is 5.97 Å². The number of esters is 1. The minimum atomic E-state index is -0.948. The van der Waals surface area contributed by atoms with Crippen LogP contribution in [0, 0.1) is 17.7 Å². The van der Waals surface area contributed by atoms with Crippen molar-refractivity contribution in [3.63, 3.8) is 0 Å². The zero-order valence-corrected chi connectivity index (χ0v) is 16.6. The van der Waals surface area contributed by atoms with E-state index in [1.165, 1.54) is 12.1 Å². The first-order chi connectivity index (χ1) is 13.8. The molecule has 2 aromatic rings. The van der Waals surface area contributed by atoms with E-state index in [0.717, 1.165) is 5.52 Å². The van der Waals surface area contributed by atoms with Crippen molar-refractivity contribution in [1.82, 2.24) is 9.88 Å². The van der Waals surface area contributed by atoms with Gasteiger partial charge in [-0.15, -0.1) is 0 Å². The molecular weight excluding hydrogens is 377 g/mol. The molecule has 2 atom stereocenters. The number of primary amides is 1. The number of ether oxygens (including phenoxy) is 1. The van der Waals surface area contributed by atoms with Gasteiger partial charge in [-0.05, 0) is 42.5 Å². The lowest BCUT2D eigenvalue weighted by atomic mass is 9.96. The summed E-state index contributed by atoms with van der Waals surface area (Å²) in [6.45, 7) is 4.35. The van der Waals surface area contributed by atoms with Crippen molar-refractivity contribution in [1.29, 1.82) is 0 Å². The Kier molecular flexibility index (Phi) is 6.20. The molecule has 2 heterocycles. The Hall–Kier alpha value is -2.90. The Labute approximate surface area is 168 Å². The van der Waals surface area contributed by atoms with Crippen LogP contribution >= 0.6 is 0 Å². The number of H-pyrrole nitrogens is 1. The van der Waals surface area contributed by atoms with Crippen molar-refractivity contribution in [2.24, 2.45) is 17.6 Å². The molecule has 1 aromatic heterocycles. The first-order valence-corrected chi connectivity index (χ1v) is 9.79. The maximum Gasteiger partial charge on any atom is 0.311 e. The molecule has 2 amide bonds. The standard InChI is InChI=1S/C21H26FN3O4/c1-12(2)19(21(28)25-7-3-4-13(11-25)20(23)27)29-18(26)8-14-10-24-17-6-5-15(22)9-16(14)17/h5-6,9-10,12-13,19,24H,3-4,7-8,11H2,1-2H3,(H2,23,27). The van der Waals surface area contributed by atoms with E-state index < -0.39 is 23.8 Å². The highest BCUT2D eigenvalue weighted by Crippen LogP contribution is 2.22. The lowest BCUT2D eigenvalue weighted by molar-refractivity contribution is -0.164. The number of hydrogen-bond donors (Lipinski definition) is 2. The van der Waals surface area contributed by atoms with E-state index in [0.29, 0.717) is 30.3 Å². The highest BCUT2D eigenvalue weighted by Gasteiger charge is 2.34. The summed E-state index contributed by atoms with van der Waals surface area (Å²) in [5, 5.41) is 0.606. The summed E-state index contributed by atoms with van der Waals surface area (Å²) in [6.07, 6.45) is 1.95. The predicted molar refractivity (Wildman–Crippen MR) is 105 cm³/mol. The average molecular weight is 403 g/mol. The fourth-order valence-electron chi connectivity index (χ4n) is 3.70. The summed E-state index contributed by atoms with van der Waals surface area (Å²) in [6, 6.07) is 4.30. The van der Waals surface area contributed by atoms with Gasteiger partial charge in [-0.25, -0.2) is 4.39 Å². The van der Waals surface area contributed by atoms with Gasteiger partial charge in [0.15, 0.2) is 6.10 Å². The molecule has 3 N–H and O–H groups in total. The van der Waals surface area contributed by atoms with Gasteiger partial charge in [0.25, 0.3) is 5.91 Å². The van der Waals surface area contributed by atoms with Crippen molar-refractivity contribution < 1.29 is 23.5 Å². The molecule has 8 heteroatoms. The number of carbonyl (C=O) groups excluding carboxylic acids is 3. The molecule has 0 saturated carbocycles. The quantitative estimate of drug-likeness (QED) is 0.721. The van der Waals surface area contributed by atoms with Gasteiger partial charge in [-0.3, -0.25) is 14.4 Å². The van der Waals surface area contributed by atoms with Crippen LogP contribution in [-0.2, 0) is 25.5 Å². The molecule has 7 nitrogen and oxygen atoms in total. The minimum absolute atomic E-state index is 0.0795. The molecule has 156 valence electrons. The van der Waals surface area contributed by atoms with E-state index >= 15 is 0 Å². The summed E-state index contributed by atoms with van der Waals surface area (Å²) in [4.78, 5) is 41.5. The summed E-state index contributed by atoms with van der Waals surface area (Å²) in [5.74, 6) is -2.31. The third kappa shape index (κ3) is 4.75. The van der Waals surface area contributed by atoms with Gasteiger partial charge in [-0.2, -0.15) is 0 Å². The number of nitrogens with zero attached hydrogens (tertiary/aromatic N) is 1. The van der Waals surface area contributed by atoms with Crippen molar-refractivity contribution in [2.75, 3.05) is 13.1 Å². The highest BCUT2D eigenvalue weighted by atomic mass is 19.1. The Morgan fingerprint density at radius 3 is 2.79 bits per heavy atom. The number of likely N-dealkylation sites (tertiary alicyclic amines) is 1. The monoisotopic (exact) mass is 403 g/mol. The first kappa shape index (κ1) is 20.8. The smallest absolute Gasteiger partial charge is 0.311 e. The molecule has 1 aromatic carbocycles. The fourth-order valence-corrected chi connectivity index (χ4v) is 3.70. The Morgan fingerprint density at radius 2 is 2.10 bits per heavy atom. The summed E-state index contributed by atoms with van der Waals surface area (Å²) >= 11 is 0. The van der Waals surface area contributed by atoms with Crippen LogP contribution in [0.4, 0.5) is 4.39 Å². The largest absolute Gasteiger partial charge is 0.452 e. The number of fused-ring (bicyclic) bond motifs is 1. The number of rotatable bonds is 6. The highest BCUT2D eigenvalue weighted by molar-refractivity contribution is 5.89. The lowest BCUT2D eigenvalue weighted by Gasteiger charge is -2.34. The Morgan fingerprint density at radius 1 is 1.34 bits per heavy atom. The zero-order valence-electron chi connectivity index (χ0n) is 16.6. The van der Waals surface area contributed by atoms with Gasteiger partial charge in [0.1, 0.15) is 5.82 Å². The third-order valence-corrected chi connectivity index (χ3v) is 5.31. The van der Waals surface area contributed by atoms with Crippen LogP contribution in [-0.4, -0.2) is 46.9 Å². The number of benzene rings is 1. The maximum atomic E-state index is 13.5. The molecule has 1 aliphatic rings. The van der Waals surface area contributed by atoms with Crippen LogP contribution in [0.2, 0.25) is 0 Å². The number of halogens is 1. The summed E-state index contributed by atoms with van der Waals surface area (Å²) in [5.41, 5.74) is 6.71. The van der Waals surface area contributed by atoms with Crippen LogP contribution in [0.5, 0.6) is 0 Å². The van der Waals surface area contributed by atoms with E-state index in [1.54, 1.807) is 31.0 Å². The number of aromatic amines is 1. The number of aromatic nitrogens is 1. The molecule has 29 heavy (non-hydrogen) atoms. The minimum Gasteiger partial charge on any atom is -0.452 e. The van der Waals surface area contributed by atoms with Crippen LogP contribution in [0.1, 0.15) is 32.3 Å². The molecule has 0 spiro atoms. The molecular formula is C21H26FN3O4. The summed E-state index contributed by atoms with van der Waals surface area (Å²) in [7, 11) is 0. The molecule has 0 aliphatic carbocycles. The predicted octanol–water partition coefficient (Wildman–Crippen LogP) is 2.14. The topological polar surface area (TPSA) is 105 Å². The molecule has 2 unspecified atom stereocenters. The second kappa shape index (κ2) is 8.63. The molecule has 0 radical (unpaired) electrons. The molecule has 0 bridgehead atoms. The number of piperidine rings is 1. The normalized spacial score (nSPS) is 18.1. The first-order valence-electron chi connectivity index (χ1n) is 9.79. The molecule has 1 aliphatic heterocycles. The fraction of sp³-hybridized carbons (Fsp3) is 0.476. The van der Waals surface area contributed by atoms with Crippen molar-refractivity contribution in [2.45, 2.75) is 39.2 Å². The van der Waals surface area contributed by atoms with Crippen molar-refractivity contribution in [3.8, 4) is 0 Å². The van der Waals surface area contributed by atoms with Crippen LogP contribution in [0.15, 0.2) is 24.4 Å².